The van der Waals surface area contributed by atoms with Gasteiger partial charge in [-0.15, -0.1) is 0 Å². The van der Waals surface area contributed by atoms with Gasteiger partial charge in [-0.05, 0) is 31.5 Å². The molecule has 1 aromatic carbocycles. The van der Waals surface area contributed by atoms with Gasteiger partial charge in [0.15, 0.2) is 0 Å². The SMILES string of the molecule is COC(=O)C(C)C(C)(O)c1ccc(S(=O)(=O)N(C)C)cc1. The van der Waals surface area contributed by atoms with Gasteiger partial charge in [0.25, 0.3) is 0 Å². The molecule has 118 valence electrons. The Morgan fingerprint density at radius 1 is 1.29 bits per heavy atom. The van der Waals surface area contributed by atoms with Crippen LogP contribution < -0.4 is 0 Å². The fraction of sp³-hybridized carbons (Fsp3) is 0.500. The van der Waals surface area contributed by atoms with Crippen molar-refractivity contribution in [1.29, 1.82) is 0 Å². The minimum Gasteiger partial charge on any atom is -0.469 e. The third kappa shape index (κ3) is 3.42. The second-order valence-corrected chi connectivity index (χ2v) is 7.36. The number of sulfonamides is 1. The molecule has 1 rings (SSSR count). The molecule has 7 heteroatoms. The normalized spacial score (nSPS) is 16.3. The summed E-state index contributed by atoms with van der Waals surface area (Å²) in [5.41, 5.74) is -1.01. The molecule has 1 N–H and O–H groups in total. The van der Waals surface area contributed by atoms with Crippen molar-refractivity contribution >= 4 is 16.0 Å². The van der Waals surface area contributed by atoms with Crippen LogP contribution in [0.1, 0.15) is 19.4 Å². The van der Waals surface area contributed by atoms with E-state index in [4.69, 9.17) is 0 Å². The Kier molecular flexibility index (Phi) is 5.14. The number of benzene rings is 1. The largest absolute Gasteiger partial charge is 0.469 e. The molecule has 0 saturated carbocycles. The fourth-order valence-electron chi connectivity index (χ4n) is 1.83. The molecular weight excluding hydrogens is 294 g/mol. The van der Waals surface area contributed by atoms with Crippen LogP contribution in [0.15, 0.2) is 29.2 Å². The zero-order chi connectivity index (χ0) is 16.4. The molecular formula is C14H21NO5S. The van der Waals surface area contributed by atoms with E-state index in [0.717, 1.165) is 4.31 Å². The number of hydrogen-bond donors (Lipinski definition) is 1. The summed E-state index contributed by atoms with van der Waals surface area (Å²) in [5.74, 6) is -1.32. The second-order valence-electron chi connectivity index (χ2n) is 5.20. The molecule has 6 nitrogen and oxygen atoms in total. The van der Waals surface area contributed by atoms with Crippen molar-refractivity contribution in [2.75, 3.05) is 21.2 Å². The third-order valence-corrected chi connectivity index (χ3v) is 5.44. The molecule has 0 heterocycles. The van der Waals surface area contributed by atoms with Crippen LogP contribution in [0.5, 0.6) is 0 Å². The summed E-state index contributed by atoms with van der Waals surface area (Å²) in [6.07, 6.45) is 0. The Hall–Kier alpha value is -1.44. The van der Waals surface area contributed by atoms with Gasteiger partial charge in [0.2, 0.25) is 10.0 Å². The van der Waals surface area contributed by atoms with Crippen LogP contribution in [-0.4, -0.2) is 45.0 Å². The number of hydrogen-bond acceptors (Lipinski definition) is 5. The molecule has 0 spiro atoms. The quantitative estimate of drug-likeness (QED) is 0.818. The number of carbonyl (C=O) groups is 1. The maximum absolute atomic E-state index is 12.0. The molecule has 0 bridgehead atoms. The van der Waals surface area contributed by atoms with Gasteiger partial charge >= 0.3 is 5.97 Å². The first-order chi connectivity index (χ1) is 9.55. The predicted octanol–water partition coefficient (Wildman–Crippen LogP) is 0.953. The summed E-state index contributed by atoms with van der Waals surface area (Å²) < 4.78 is 29.7. The van der Waals surface area contributed by atoms with Crippen molar-refractivity contribution in [3.8, 4) is 0 Å². The van der Waals surface area contributed by atoms with E-state index in [-0.39, 0.29) is 4.90 Å². The summed E-state index contributed by atoms with van der Waals surface area (Å²) in [5, 5.41) is 10.5. The first-order valence-electron chi connectivity index (χ1n) is 6.38. The van der Waals surface area contributed by atoms with Gasteiger partial charge < -0.3 is 9.84 Å². The van der Waals surface area contributed by atoms with E-state index in [1.165, 1.54) is 52.4 Å². The predicted molar refractivity (Wildman–Crippen MR) is 78.1 cm³/mol. The molecule has 0 aliphatic carbocycles. The Morgan fingerprint density at radius 3 is 2.14 bits per heavy atom. The van der Waals surface area contributed by atoms with Crippen molar-refractivity contribution in [1.82, 2.24) is 4.31 Å². The third-order valence-electron chi connectivity index (χ3n) is 3.62. The molecule has 2 unspecified atom stereocenters. The molecule has 1 aromatic rings. The van der Waals surface area contributed by atoms with E-state index in [9.17, 15) is 18.3 Å². The van der Waals surface area contributed by atoms with Gasteiger partial charge in [-0.3, -0.25) is 4.79 Å². The minimum atomic E-state index is -3.52. The highest BCUT2D eigenvalue weighted by Gasteiger charge is 2.36. The number of methoxy groups -OCH3 is 1. The summed E-state index contributed by atoms with van der Waals surface area (Å²) >= 11 is 0. The van der Waals surface area contributed by atoms with Crippen LogP contribution in [-0.2, 0) is 25.2 Å². The molecule has 0 radical (unpaired) electrons. The van der Waals surface area contributed by atoms with Gasteiger partial charge in [0, 0.05) is 14.1 Å². The summed E-state index contributed by atoms with van der Waals surface area (Å²) in [7, 11) is 0.618. The van der Waals surface area contributed by atoms with Crippen LogP contribution in [0.4, 0.5) is 0 Å². The smallest absolute Gasteiger partial charge is 0.311 e. The van der Waals surface area contributed by atoms with Gasteiger partial charge in [-0.25, -0.2) is 12.7 Å². The molecule has 2 atom stereocenters. The van der Waals surface area contributed by atoms with Crippen molar-refractivity contribution < 1.29 is 23.1 Å². The van der Waals surface area contributed by atoms with Crippen LogP contribution in [0.3, 0.4) is 0 Å². The standard InChI is InChI=1S/C14H21NO5S/c1-10(13(16)20-5)14(2,17)11-6-8-12(9-7-11)21(18,19)15(3)4/h6-10,17H,1-5H3. The number of esters is 1. The molecule has 0 aromatic heterocycles. The van der Waals surface area contributed by atoms with Crippen molar-refractivity contribution in [2.45, 2.75) is 24.3 Å². The lowest BCUT2D eigenvalue weighted by Gasteiger charge is -2.29. The minimum absolute atomic E-state index is 0.123. The Balaban J connectivity index is 3.16. The Bertz CT molecular complexity index is 605. The molecule has 21 heavy (non-hydrogen) atoms. The van der Waals surface area contributed by atoms with Gasteiger partial charge in [-0.1, -0.05) is 12.1 Å². The average molecular weight is 315 g/mol. The number of carbonyl (C=O) groups excluding carboxylic acids is 1. The zero-order valence-corrected chi connectivity index (χ0v) is 13.6. The van der Waals surface area contributed by atoms with E-state index >= 15 is 0 Å². The molecule has 0 saturated heterocycles. The van der Waals surface area contributed by atoms with Gasteiger partial charge in [0.05, 0.1) is 23.5 Å². The van der Waals surface area contributed by atoms with Crippen LogP contribution in [0, 0.1) is 5.92 Å². The Labute approximate surface area is 125 Å². The highest BCUT2D eigenvalue weighted by molar-refractivity contribution is 7.89. The van der Waals surface area contributed by atoms with E-state index in [0.29, 0.717) is 5.56 Å². The molecule has 0 amide bonds. The van der Waals surface area contributed by atoms with Gasteiger partial charge in [-0.2, -0.15) is 0 Å². The lowest BCUT2D eigenvalue weighted by atomic mass is 9.84. The topological polar surface area (TPSA) is 83.9 Å². The highest BCUT2D eigenvalue weighted by atomic mass is 32.2. The summed E-state index contributed by atoms with van der Waals surface area (Å²) in [6, 6.07) is 5.80. The number of rotatable bonds is 5. The molecule has 0 aliphatic heterocycles. The van der Waals surface area contributed by atoms with Crippen LogP contribution in [0.25, 0.3) is 0 Å². The average Bonchev–Trinajstić information content (AvgIpc) is 2.45. The monoisotopic (exact) mass is 315 g/mol. The number of ether oxygens (including phenoxy) is 1. The van der Waals surface area contributed by atoms with E-state index in [2.05, 4.69) is 4.74 Å². The summed E-state index contributed by atoms with van der Waals surface area (Å²) in [6.45, 7) is 3.04. The number of nitrogens with zero attached hydrogens (tertiary/aromatic N) is 1. The first kappa shape index (κ1) is 17.6. The Morgan fingerprint density at radius 2 is 1.76 bits per heavy atom. The van der Waals surface area contributed by atoms with Crippen molar-refractivity contribution in [3.63, 3.8) is 0 Å². The summed E-state index contributed by atoms with van der Waals surface area (Å²) in [4.78, 5) is 11.7. The van der Waals surface area contributed by atoms with Gasteiger partial charge in [0.1, 0.15) is 0 Å². The van der Waals surface area contributed by atoms with E-state index in [1.807, 2.05) is 0 Å². The highest BCUT2D eigenvalue weighted by Crippen LogP contribution is 2.30. The maximum atomic E-state index is 12.0. The van der Waals surface area contributed by atoms with Crippen LogP contribution >= 0.6 is 0 Å². The second kappa shape index (κ2) is 6.13. The maximum Gasteiger partial charge on any atom is 0.311 e. The zero-order valence-electron chi connectivity index (χ0n) is 12.8. The lowest BCUT2D eigenvalue weighted by Crippen LogP contribution is -2.36. The fourth-order valence-corrected chi connectivity index (χ4v) is 2.73. The first-order valence-corrected chi connectivity index (χ1v) is 7.82. The number of aliphatic hydroxyl groups is 1. The molecule has 0 aliphatic rings. The van der Waals surface area contributed by atoms with Crippen LogP contribution in [0.2, 0.25) is 0 Å². The van der Waals surface area contributed by atoms with Crippen molar-refractivity contribution in [3.05, 3.63) is 29.8 Å². The lowest BCUT2D eigenvalue weighted by molar-refractivity contribution is -0.154. The van der Waals surface area contributed by atoms with E-state index in [1.54, 1.807) is 6.92 Å². The molecule has 0 fully saturated rings. The van der Waals surface area contributed by atoms with Crippen molar-refractivity contribution in [2.24, 2.45) is 5.92 Å². The van der Waals surface area contributed by atoms with E-state index < -0.39 is 27.5 Å².